The van der Waals surface area contributed by atoms with Gasteiger partial charge in [0.1, 0.15) is 5.41 Å². The molecule has 0 spiro atoms. The number of carbonyl (C=O) groups excluding carboxylic acids is 1. The van der Waals surface area contributed by atoms with Crippen LogP contribution in [0.5, 0.6) is 0 Å². The van der Waals surface area contributed by atoms with Crippen LogP contribution in [-0.2, 0) is 14.9 Å². The fourth-order valence-corrected chi connectivity index (χ4v) is 2.86. The van der Waals surface area contributed by atoms with Crippen LogP contribution >= 0.6 is 0 Å². The molecular weight excluding hydrogens is 250 g/mol. The summed E-state index contributed by atoms with van der Waals surface area (Å²) in [5.41, 5.74) is 1.28. The van der Waals surface area contributed by atoms with Crippen molar-refractivity contribution in [1.29, 1.82) is 5.26 Å². The molecule has 1 aliphatic rings. The molecule has 2 aromatic rings. The van der Waals surface area contributed by atoms with Crippen molar-refractivity contribution < 1.29 is 9.53 Å². The number of rotatable bonds is 2. The molecule has 1 atom stereocenters. The van der Waals surface area contributed by atoms with Crippen LogP contribution in [0.25, 0.3) is 0 Å². The first-order valence-corrected chi connectivity index (χ1v) is 6.51. The smallest absolute Gasteiger partial charge is 0.321 e. The third-order valence-corrected chi connectivity index (χ3v) is 3.83. The van der Waals surface area contributed by atoms with Crippen LogP contribution in [0.15, 0.2) is 54.6 Å². The fourth-order valence-electron chi connectivity index (χ4n) is 2.86. The highest BCUT2D eigenvalue weighted by Crippen LogP contribution is 2.42. The van der Waals surface area contributed by atoms with Gasteiger partial charge in [-0.1, -0.05) is 48.5 Å². The zero-order valence-corrected chi connectivity index (χ0v) is 10.9. The number of nitriles is 1. The van der Waals surface area contributed by atoms with Crippen LogP contribution in [0.4, 0.5) is 0 Å². The van der Waals surface area contributed by atoms with E-state index in [2.05, 4.69) is 6.07 Å². The molecule has 1 saturated heterocycles. The molecule has 0 saturated carbocycles. The van der Waals surface area contributed by atoms with Gasteiger partial charge in [0.15, 0.2) is 0 Å². The van der Waals surface area contributed by atoms with Crippen molar-refractivity contribution in [2.75, 3.05) is 6.61 Å². The van der Waals surface area contributed by atoms with Crippen LogP contribution < -0.4 is 0 Å². The molecule has 98 valence electrons. The van der Waals surface area contributed by atoms with Crippen molar-refractivity contribution in [3.8, 4) is 6.07 Å². The van der Waals surface area contributed by atoms with Gasteiger partial charge in [0.2, 0.25) is 0 Å². The fraction of sp³-hybridized carbons (Fsp3) is 0.176. The third-order valence-electron chi connectivity index (χ3n) is 3.83. The third kappa shape index (κ3) is 1.70. The molecule has 1 fully saturated rings. The van der Waals surface area contributed by atoms with Gasteiger partial charge in [0, 0.05) is 6.42 Å². The predicted molar refractivity (Wildman–Crippen MR) is 74.0 cm³/mol. The van der Waals surface area contributed by atoms with E-state index in [-0.39, 0.29) is 5.97 Å². The van der Waals surface area contributed by atoms with Gasteiger partial charge in [-0.3, -0.25) is 4.79 Å². The largest absolute Gasteiger partial charge is 0.465 e. The molecule has 0 bridgehead atoms. The number of benzene rings is 2. The van der Waals surface area contributed by atoms with E-state index in [1.807, 2.05) is 42.5 Å². The summed E-state index contributed by atoms with van der Waals surface area (Å²) in [6.45, 7) is 0.382. The summed E-state index contributed by atoms with van der Waals surface area (Å²) in [7, 11) is 0. The molecule has 0 amide bonds. The van der Waals surface area contributed by atoms with Crippen molar-refractivity contribution in [3.63, 3.8) is 0 Å². The Morgan fingerprint density at radius 2 is 1.75 bits per heavy atom. The zero-order chi connectivity index (χ0) is 14.0. The predicted octanol–water partition coefficient (Wildman–Crippen LogP) is 2.79. The summed E-state index contributed by atoms with van der Waals surface area (Å²) >= 11 is 0. The summed E-state index contributed by atoms with van der Waals surface area (Å²) in [6.07, 6.45) is 0.564. The maximum atomic E-state index is 12.4. The Morgan fingerprint density at radius 3 is 2.40 bits per heavy atom. The summed E-state index contributed by atoms with van der Waals surface area (Å²) in [6, 6.07) is 19.0. The Hall–Kier alpha value is -2.60. The normalized spacial score (nSPS) is 21.2. The van der Waals surface area contributed by atoms with Gasteiger partial charge in [-0.15, -0.1) is 0 Å². The number of ether oxygens (including phenoxy) is 1. The Morgan fingerprint density at radius 1 is 1.05 bits per heavy atom. The van der Waals surface area contributed by atoms with Gasteiger partial charge in [-0.05, 0) is 17.2 Å². The van der Waals surface area contributed by atoms with Gasteiger partial charge < -0.3 is 4.74 Å². The first-order valence-electron chi connectivity index (χ1n) is 6.51. The number of esters is 1. The Labute approximate surface area is 117 Å². The number of carbonyl (C=O) groups is 1. The quantitative estimate of drug-likeness (QED) is 0.783. The van der Waals surface area contributed by atoms with E-state index in [1.165, 1.54) is 0 Å². The minimum absolute atomic E-state index is 0.272. The molecule has 0 radical (unpaired) electrons. The topological polar surface area (TPSA) is 50.1 Å². The van der Waals surface area contributed by atoms with E-state index in [9.17, 15) is 10.1 Å². The maximum absolute atomic E-state index is 12.4. The Bertz CT molecular complexity index is 688. The molecule has 1 heterocycles. The van der Waals surface area contributed by atoms with Crippen LogP contribution in [-0.4, -0.2) is 12.6 Å². The van der Waals surface area contributed by atoms with Crippen LogP contribution in [0.2, 0.25) is 0 Å². The molecule has 0 aliphatic carbocycles. The highest BCUT2D eigenvalue weighted by Gasteiger charge is 2.48. The summed E-state index contributed by atoms with van der Waals surface area (Å²) in [5.74, 6) is -0.272. The summed E-state index contributed by atoms with van der Waals surface area (Å²) in [4.78, 5) is 12.4. The van der Waals surface area contributed by atoms with Crippen molar-refractivity contribution in [2.45, 2.75) is 11.8 Å². The first kappa shape index (κ1) is 12.4. The van der Waals surface area contributed by atoms with E-state index in [4.69, 9.17) is 4.74 Å². The maximum Gasteiger partial charge on any atom is 0.321 e. The number of hydrogen-bond acceptors (Lipinski definition) is 3. The summed E-state index contributed by atoms with van der Waals surface area (Å²) < 4.78 is 5.23. The lowest BCUT2D eigenvalue weighted by Crippen LogP contribution is -2.33. The van der Waals surface area contributed by atoms with E-state index < -0.39 is 5.41 Å². The monoisotopic (exact) mass is 263 g/mol. The molecule has 3 nitrogen and oxygen atoms in total. The van der Waals surface area contributed by atoms with Gasteiger partial charge in [0.05, 0.1) is 18.2 Å². The Kier molecular flexibility index (Phi) is 3.00. The summed E-state index contributed by atoms with van der Waals surface area (Å²) in [5, 5.41) is 9.32. The SMILES string of the molecule is N#Cc1ccccc1C1(c2ccccc2)CCOC1=O. The van der Waals surface area contributed by atoms with E-state index in [1.54, 1.807) is 12.1 Å². The van der Waals surface area contributed by atoms with E-state index in [0.717, 1.165) is 11.1 Å². The minimum Gasteiger partial charge on any atom is -0.465 e. The second kappa shape index (κ2) is 4.82. The van der Waals surface area contributed by atoms with Crippen molar-refractivity contribution in [3.05, 3.63) is 71.3 Å². The molecule has 3 rings (SSSR count). The van der Waals surface area contributed by atoms with Crippen molar-refractivity contribution in [1.82, 2.24) is 0 Å². The second-order valence-corrected chi connectivity index (χ2v) is 4.81. The average Bonchev–Trinajstić information content (AvgIpc) is 2.90. The van der Waals surface area contributed by atoms with Gasteiger partial charge in [-0.2, -0.15) is 5.26 Å². The van der Waals surface area contributed by atoms with E-state index >= 15 is 0 Å². The zero-order valence-electron chi connectivity index (χ0n) is 10.9. The van der Waals surface area contributed by atoms with E-state index in [0.29, 0.717) is 18.6 Å². The first-order chi connectivity index (χ1) is 9.79. The molecule has 0 aromatic heterocycles. The molecule has 20 heavy (non-hydrogen) atoms. The molecule has 2 aromatic carbocycles. The van der Waals surface area contributed by atoms with Crippen LogP contribution in [0.1, 0.15) is 23.1 Å². The van der Waals surface area contributed by atoms with Gasteiger partial charge >= 0.3 is 5.97 Å². The molecule has 1 aliphatic heterocycles. The second-order valence-electron chi connectivity index (χ2n) is 4.81. The molecular formula is C17H13NO2. The van der Waals surface area contributed by atoms with Crippen molar-refractivity contribution >= 4 is 5.97 Å². The number of hydrogen-bond donors (Lipinski definition) is 0. The standard InChI is InChI=1S/C17H13NO2/c18-12-13-6-4-5-9-15(13)17(10-11-20-16(17)19)14-7-2-1-3-8-14/h1-9H,10-11H2. The highest BCUT2D eigenvalue weighted by atomic mass is 16.5. The van der Waals surface area contributed by atoms with Crippen LogP contribution in [0.3, 0.4) is 0 Å². The lowest BCUT2D eigenvalue weighted by Gasteiger charge is -2.26. The minimum atomic E-state index is -0.854. The van der Waals surface area contributed by atoms with Crippen LogP contribution in [0, 0.1) is 11.3 Å². The lowest BCUT2D eigenvalue weighted by molar-refractivity contribution is -0.141. The molecule has 1 unspecified atom stereocenters. The highest BCUT2D eigenvalue weighted by molar-refractivity contribution is 5.90. The Balaban J connectivity index is 2.28. The average molecular weight is 263 g/mol. The number of nitrogens with zero attached hydrogens (tertiary/aromatic N) is 1. The molecule has 0 N–H and O–H groups in total. The number of cyclic esters (lactones) is 1. The van der Waals surface area contributed by atoms with Crippen molar-refractivity contribution in [2.24, 2.45) is 0 Å². The molecule has 3 heteroatoms. The van der Waals surface area contributed by atoms with Gasteiger partial charge in [-0.25, -0.2) is 0 Å². The lowest BCUT2D eigenvalue weighted by atomic mass is 9.72. The van der Waals surface area contributed by atoms with Gasteiger partial charge in [0.25, 0.3) is 0 Å².